The third-order valence-corrected chi connectivity index (χ3v) is 16.5. The molecule has 0 saturated heterocycles. The van der Waals surface area contributed by atoms with Gasteiger partial charge in [-0.25, -0.2) is 0 Å². The largest absolute Gasteiger partial charge is 0.456 e. The Balaban J connectivity index is 0.902. The van der Waals surface area contributed by atoms with Crippen molar-refractivity contribution in [3.63, 3.8) is 0 Å². The monoisotopic (exact) mass is 1030 g/mol. The van der Waals surface area contributed by atoms with Crippen LogP contribution in [0, 0.1) is 0 Å². The zero-order valence-corrected chi connectivity index (χ0v) is 44.2. The number of nitrogens with zero attached hydrogens (tertiary/aromatic N) is 2. The molecular formula is C78H50N2O. The summed E-state index contributed by atoms with van der Waals surface area (Å²) in [5.74, 6) is 0. The van der Waals surface area contributed by atoms with Gasteiger partial charge >= 0.3 is 0 Å². The number of hydrogen-bond donors (Lipinski definition) is 0. The summed E-state index contributed by atoms with van der Waals surface area (Å²) in [5, 5.41) is 12.1. The zero-order valence-electron chi connectivity index (χ0n) is 44.2. The molecule has 3 nitrogen and oxygen atoms in total. The van der Waals surface area contributed by atoms with Crippen LogP contribution in [0.15, 0.2) is 308 Å². The second-order valence-corrected chi connectivity index (χ2v) is 21.2. The van der Waals surface area contributed by atoms with Gasteiger partial charge in [-0.05, 0) is 186 Å². The van der Waals surface area contributed by atoms with Gasteiger partial charge in [0.2, 0.25) is 0 Å². The minimum atomic E-state index is 0.904. The van der Waals surface area contributed by atoms with E-state index >= 15 is 0 Å². The normalized spacial score (nSPS) is 11.7. The molecule has 2 aromatic heterocycles. The Bertz CT molecular complexity index is 5060. The van der Waals surface area contributed by atoms with Gasteiger partial charge in [-0.15, -0.1) is 0 Å². The summed E-state index contributed by atoms with van der Waals surface area (Å²) in [6, 6.07) is 111. The summed E-state index contributed by atoms with van der Waals surface area (Å²) in [5.41, 5.74) is 20.0. The van der Waals surface area contributed by atoms with Crippen LogP contribution in [0.3, 0.4) is 0 Å². The number of benzene rings is 14. The van der Waals surface area contributed by atoms with Gasteiger partial charge in [0, 0.05) is 49.9 Å². The molecule has 0 amide bonds. The standard InChI is InChI=1S/C78H50N2O/c1-5-19-51(20-6-1)57-45-58(48-61(47-57)70-31-17-32-72-76-68-28-14-13-21-52(68)39-42-73(76)80(78(70)72)64-26-11-4-12-27-64)60-46-59(49-65(50-60)79(62-22-7-2-8-23-62)63-24-9-3-10-25-63)53-37-40-66-54(43-53)35-36-55-44-56(38-41-67(55)66)69-30-18-34-75-77(69)71-29-15-16-33-74(71)81-75/h1-50H. The van der Waals surface area contributed by atoms with Gasteiger partial charge in [-0.1, -0.05) is 200 Å². The Labute approximate surface area is 469 Å². The van der Waals surface area contributed by atoms with Crippen LogP contribution < -0.4 is 4.90 Å². The topological polar surface area (TPSA) is 21.3 Å². The molecule has 0 fully saturated rings. The van der Waals surface area contributed by atoms with E-state index in [1.165, 1.54) is 70.8 Å². The Kier molecular flexibility index (Phi) is 10.9. The van der Waals surface area contributed by atoms with Gasteiger partial charge in [0.15, 0.2) is 0 Å². The number of aromatic nitrogens is 1. The van der Waals surface area contributed by atoms with Gasteiger partial charge in [0.25, 0.3) is 0 Å². The maximum atomic E-state index is 6.30. The van der Waals surface area contributed by atoms with Crippen LogP contribution in [0.25, 0.3) is 137 Å². The van der Waals surface area contributed by atoms with Crippen LogP contribution in [-0.4, -0.2) is 4.57 Å². The number of para-hydroxylation sites is 5. The van der Waals surface area contributed by atoms with Crippen LogP contribution in [0.2, 0.25) is 0 Å². The first kappa shape index (κ1) is 46.4. The van der Waals surface area contributed by atoms with Gasteiger partial charge in [0.1, 0.15) is 11.2 Å². The molecule has 0 radical (unpaired) electrons. The third kappa shape index (κ3) is 7.89. The van der Waals surface area contributed by atoms with Crippen molar-refractivity contribution in [1.82, 2.24) is 4.57 Å². The van der Waals surface area contributed by atoms with E-state index in [-0.39, 0.29) is 0 Å². The molecular weight excluding hydrogens is 981 g/mol. The van der Waals surface area contributed by atoms with Crippen molar-refractivity contribution in [2.45, 2.75) is 0 Å². The van der Waals surface area contributed by atoms with Crippen molar-refractivity contribution in [3.05, 3.63) is 303 Å². The highest BCUT2D eigenvalue weighted by atomic mass is 16.3. The summed E-state index contributed by atoms with van der Waals surface area (Å²) in [6.07, 6.45) is 0. The van der Waals surface area contributed by atoms with E-state index in [1.54, 1.807) is 0 Å². The first-order chi connectivity index (χ1) is 40.1. The molecule has 0 aliphatic rings. The van der Waals surface area contributed by atoms with Crippen LogP contribution in [-0.2, 0) is 0 Å². The maximum absolute atomic E-state index is 6.30. The summed E-state index contributed by atoms with van der Waals surface area (Å²) >= 11 is 0. The second kappa shape index (κ2) is 19.0. The Morgan fingerprint density at radius 3 is 1.51 bits per heavy atom. The van der Waals surface area contributed by atoms with Crippen molar-refractivity contribution in [3.8, 4) is 61.3 Å². The second-order valence-electron chi connectivity index (χ2n) is 21.2. The molecule has 0 spiro atoms. The molecule has 3 heteroatoms. The van der Waals surface area contributed by atoms with Crippen molar-refractivity contribution >= 4 is 93.1 Å². The molecule has 14 aromatic carbocycles. The maximum Gasteiger partial charge on any atom is 0.136 e. The highest BCUT2D eigenvalue weighted by molar-refractivity contribution is 6.24. The summed E-state index contributed by atoms with van der Waals surface area (Å²) in [7, 11) is 0. The van der Waals surface area contributed by atoms with E-state index in [0.29, 0.717) is 0 Å². The van der Waals surface area contributed by atoms with Gasteiger partial charge in [0.05, 0.1) is 11.0 Å². The molecule has 378 valence electrons. The molecule has 81 heavy (non-hydrogen) atoms. The molecule has 0 atom stereocenters. The van der Waals surface area contributed by atoms with Crippen molar-refractivity contribution < 1.29 is 4.42 Å². The summed E-state index contributed by atoms with van der Waals surface area (Å²) in [4.78, 5) is 2.39. The number of anilines is 3. The van der Waals surface area contributed by atoms with Crippen LogP contribution >= 0.6 is 0 Å². The minimum absolute atomic E-state index is 0.904. The number of rotatable bonds is 9. The average Bonchev–Trinajstić information content (AvgIpc) is 3.96. The van der Waals surface area contributed by atoms with Gasteiger partial charge in [-0.2, -0.15) is 0 Å². The van der Waals surface area contributed by atoms with E-state index in [0.717, 1.165) is 83.6 Å². The highest BCUT2D eigenvalue weighted by Crippen LogP contribution is 2.46. The lowest BCUT2D eigenvalue weighted by atomic mass is 9.90. The predicted octanol–water partition coefficient (Wildman–Crippen LogP) is 21.9. The van der Waals surface area contributed by atoms with E-state index < -0.39 is 0 Å². The molecule has 0 aliphatic carbocycles. The lowest BCUT2D eigenvalue weighted by molar-refractivity contribution is 0.669. The number of fused-ring (bicyclic) bond motifs is 11. The average molecular weight is 1030 g/mol. The number of hydrogen-bond acceptors (Lipinski definition) is 2. The molecule has 0 aliphatic heterocycles. The lowest BCUT2D eigenvalue weighted by Crippen LogP contribution is -2.10. The highest BCUT2D eigenvalue weighted by Gasteiger charge is 2.22. The Morgan fingerprint density at radius 2 is 0.778 bits per heavy atom. The Hall–Kier alpha value is -10.7. The SMILES string of the molecule is c1ccc(-c2cc(-c3cc(-c4ccc5c(ccc6cc(-c7cccc8oc9ccccc9c78)ccc65)c4)cc(N(c4ccccc4)c4ccccc4)c3)cc(-c3cccc4c5c6ccccc6ccc5n(-c5ccccc5)c34)c2)cc1. The van der Waals surface area contributed by atoms with E-state index in [1.807, 2.05) is 6.07 Å². The summed E-state index contributed by atoms with van der Waals surface area (Å²) in [6.45, 7) is 0. The van der Waals surface area contributed by atoms with Gasteiger partial charge < -0.3 is 13.9 Å². The van der Waals surface area contributed by atoms with Gasteiger partial charge in [-0.3, -0.25) is 0 Å². The van der Waals surface area contributed by atoms with E-state index in [2.05, 4.69) is 307 Å². The quantitative estimate of drug-likeness (QED) is 0.134. The zero-order chi connectivity index (χ0) is 53.4. The summed E-state index contributed by atoms with van der Waals surface area (Å²) < 4.78 is 8.78. The third-order valence-electron chi connectivity index (χ3n) is 16.5. The molecule has 2 heterocycles. The fourth-order valence-corrected chi connectivity index (χ4v) is 12.8. The first-order valence-corrected chi connectivity index (χ1v) is 27.8. The van der Waals surface area contributed by atoms with Crippen LogP contribution in [0.1, 0.15) is 0 Å². The van der Waals surface area contributed by atoms with E-state index in [4.69, 9.17) is 4.42 Å². The van der Waals surface area contributed by atoms with Crippen molar-refractivity contribution in [2.75, 3.05) is 4.90 Å². The van der Waals surface area contributed by atoms with Crippen molar-refractivity contribution in [1.29, 1.82) is 0 Å². The fraction of sp³-hybridized carbons (Fsp3) is 0. The van der Waals surface area contributed by atoms with Crippen LogP contribution in [0.5, 0.6) is 0 Å². The molecule has 16 rings (SSSR count). The lowest BCUT2D eigenvalue weighted by Gasteiger charge is -2.27. The predicted molar refractivity (Wildman–Crippen MR) is 342 cm³/mol. The van der Waals surface area contributed by atoms with Crippen LogP contribution in [0.4, 0.5) is 17.1 Å². The molecule has 16 aromatic rings. The van der Waals surface area contributed by atoms with E-state index in [9.17, 15) is 0 Å². The molecule has 0 N–H and O–H groups in total. The molecule has 0 saturated carbocycles. The smallest absolute Gasteiger partial charge is 0.136 e. The Morgan fingerprint density at radius 1 is 0.259 bits per heavy atom. The minimum Gasteiger partial charge on any atom is -0.456 e. The fourth-order valence-electron chi connectivity index (χ4n) is 12.8. The van der Waals surface area contributed by atoms with Crippen molar-refractivity contribution in [2.24, 2.45) is 0 Å². The molecule has 0 bridgehead atoms. The first-order valence-electron chi connectivity index (χ1n) is 27.8. The molecule has 0 unspecified atom stereocenters. The number of furan rings is 1.